The van der Waals surface area contributed by atoms with Crippen LogP contribution in [0, 0.1) is 11.8 Å². The third-order valence-electron chi connectivity index (χ3n) is 2.88. The fourth-order valence-corrected chi connectivity index (χ4v) is 2.14. The molecule has 3 unspecified atom stereocenters. The van der Waals surface area contributed by atoms with Crippen LogP contribution in [-0.4, -0.2) is 17.6 Å². The Bertz CT molecular complexity index is 225. The number of carbonyl (C=O) groups excluding carboxylic acids is 2. The van der Waals surface area contributed by atoms with Gasteiger partial charge in [0, 0.05) is 24.3 Å². The van der Waals surface area contributed by atoms with Crippen LogP contribution in [-0.2, 0) is 9.59 Å². The SMILES string of the molecule is CCC(=O)C1CC(N)CC1C(C)=O. The van der Waals surface area contributed by atoms with Crippen LogP contribution >= 0.6 is 0 Å². The molecule has 3 nitrogen and oxygen atoms in total. The normalized spacial score (nSPS) is 33.3. The van der Waals surface area contributed by atoms with Gasteiger partial charge in [0.25, 0.3) is 0 Å². The van der Waals surface area contributed by atoms with Crippen LogP contribution in [0.15, 0.2) is 0 Å². The molecule has 0 aliphatic heterocycles. The quantitative estimate of drug-likeness (QED) is 0.707. The van der Waals surface area contributed by atoms with Gasteiger partial charge in [-0.1, -0.05) is 6.92 Å². The van der Waals surface area contributed by atoms with Crippen molar-refractivity contribution >= 4 is 11.6 Å². The molecule has 0 spiro atoms. The Morgan fingerprint density at radius 1 is 1.31 bits per heavy atom. The first-order valence-corrected chi connectivity index (χ1v) is 4.85. The minimum Gasteiger partial charge on any atom is -0.328 e. The number of hydrogen-bond donors (Lipinski definition) is 1. The minimum absolute atomic E-state index is 0.0365. The first-order valence-electron chi connectivity index (χ1n) is 4.85. The minimum atomic E-state index is -0.109. The van der Waals surface area contributed by atoms with E-state index in [1.165, 1.54) is 0 Å². The summed E-state index contributed by atoms with van der Waals surface area (Å²) in [6.45, 7) is 3.39. The average molecular weight is 183 g/mol. The molecule has 3 heteroatoms. The van der Waals surface area contributed by atoms with Crippen molar-refractivity contribution in [2.75, 3.05) is 0 Å². The zero-order chi connectivity index (χ0) is 10.0. The van der Waals surface area contributed by atoms with Crippen molar-refractivity contribution in [3.8, 4) is 0 Å². The largest absolute Gasteiger partial charge is 0.328 e. The summed E-state index contributed by atoms with van der Waals surface area (Å²) >= 11 is 0. The van der Waals surface area contributed by atoms with E-state index in [1.54, 1.807) is 6.92 Å². The van der Waals surface area contributed by atoms with Gasteiger partial charge in [0.2, 0.25) is 0 Å². The second-order valence-electron chi connectivity index (χ2n) is 3.87. The van der Waals surface area contributed by atoms with Crippen molar-refractivity contribution in [3.63, 3.8) is 0 Å². The molecule has 1 saturated carbocycles. The van der Waals surface area contributed by atoms with E-state index >= 15 is 0 Å². The zero-order valence-corrected chi connectivity index (χ0v) is 8.25. The van der Waals surface area contributed by atoms with Gasteiger partial charge in [0.1, 0.15) is 11.6 Å². The second kappa shape index (κ2) is 4.01. The van der Waals surface area contributed by atoms with Gasteiger partial charge in [0.05, 0.1) is 0 Å². The zero-order valence-electron chi connectivity index (χ0n) is 8.25. The molecule has 0 radical (unpaired) electrons. The highest BCUT2D eigenvalue weighted by Crippen LogP contribution is 2.32. The van der Waals surface area contributed by atoms with Crippen LogP contribution in [0.4, 0.5) is 0 Å². The fraction of sp³-hybridized carbons (Fsp3) is 0.800. The monoisotopic (exact) mass is 183 g/mol. The van der Waals surface area contributed by atoms with Gasteiger partial charge >= 0.3 is 0 Å². The molecule has 74 valence electrons. The van der Waals surface area contributed by atoms with Crippen LogP contribution < -0.4 is 5.73 Å². The van der Waals surface area contributed by atoms with Gasteiger partial charge in [-0.15, -0.1) is 0 Å². The molecule has 3 atom stereocenters. The van der Waals surface area contributed by atoms with E-state index in [9.17, 15) is 9.59 Å². The average Bonchev–Trinajstić information content (AvgIpc) is 2.46. The summed E-state index contributed by atoms with van der Waals surface area (Å²) in [6.07, 6.45) is 1.89. The summed E-state index contributed by atoms with van der Waals surface area (Å²) in [5.41, 5.74) is 5.74. The Morgan fingerprint density at radius 2 is 1.85 bits per heavy atom. The number of rotatable bonds is 3. The number of nitrogens with two attached hydrogens (primary N) is 1. The van der Waals surface area contributed by atoms with Crippen molar-refractivity contribution in [2.24, 2.45) is 17.6 Å². The highest BCUT2D eigenvalue weighted by Gasteiger charge is 2.38. The molecule has 2 N–H and O–H groups in total. The molecule has 1 aliphatic carbocycles. The predicted molar refractivity (Wildman–Crippen MR) is 50.2 cm³/mol. The van der Waals surface area contributed by atoms with Gasteiger partial charge < -0.3 is 5.73 Å². The standard InChI is InChI=1S/C10H17NO2/c1-3-10(13)9-5-7(11)4-8(9)6(2)12/h7-9H,3-5,11H2,1-2H3. The lowest BCUT2D eigenvalue weighted by Crippen LogP contribution is -2.23. The second-order valence-corrected chi connectivity index (χ2v) is 3.87. The van der Waals surface area contributed by atoms with Gasteiger partial charge in [-0.3, -0.25) is 9.59 Å². The van der Waals surface area contributed by atoms with E-state index in [1.807, 2.05) is 6.92 Å². The van der Waals surface area contributed by atoms with Crippen LogP contribution in [0.2, 0.25) is 0 Å². The first-order chi connectivity index (χ1) is 6.06. The van der Waals surface area contributed by atoms with Crippen molar-refractivity contribution in [1.29, 1.82) is 0 Å². The Labute approximate surface area is 78.7 Å². The molecule has 1 fully saturated rings. The van der Waals surface area contributed by atoms with Crippen LogP contribution in [0.3, 0.4) is 0 Å². The van der Waals surface area contributed by atoms with Crippen molar-refractivity contribution in [2.45, 2.75) is 39.2 Å². The lowest BCUT2D eigenvalue weighted by molar-refractivity contribution is -0.130. The molecule has 13 heavy (non-hydrogen) atoms. The van der Waals surface area contributed by atoms with E-state index in [0.29, 0.717) is 19.3 Å². The summed E-state index contributed by atoms with van der Waals surface area (Å²) in [4.78, 5) is 22.7. The molecule has 0 saturated heterocycles. The molecule has 0 aromatic heterocycles. The predicted octanol–water partition coefficient (Wildman–Crippen LogP) is 0.908. The van der Waals surface area contributed by atoms with Crippen LogP contribution in [0.25, 0.3) is 0 Å². The number of carbonyl (C=O) groups is 2. The maximum Gasteiger partial charge on any atom is 0.136 e. The van der Waals surface area contributed by atoms with E-state index in [2.05, 4.69) is 0 Å². The fourth-order valence-electron chi connectivity index (χ4n) is 2.14. The maximum absolute atomic E-state index is 11.5. The first kappa shape index (κ1) is 10.4. The molecule has 0 amide bonds. The molecular formula is C10H17NO2. The third-order valence-corrected chi connectivity index (χ3v) is 2.88. The maximum atomic E-state index is 11.5. The lowest BCUT2D eigenvalue weighted by atomic mass is 9.88. The van der Waals surface area contributed by atoms with Gasteiger partial charge in [0.15, 0.2) is 0 Å². The molecule has 0 aromatic carbocycles. The van der Waals surface area contributed by atoms with Gasteiger partial charge in [-0.2, -0.15) is 0 Å². The molecule has 0 heterocycles. The summed E-state index contributed by atoms with van der Waals surface area (Å²) in [7, 11) is 0. The summed E-state index contributed by atoms with van der Waals surface area (Å²) < 4.78 is 0. The Hall–Kier alpha value is -0.700. The lowest BCUT2D eigenvalue weighted by Gasteiger charge is -2.13. The number of hydrogen-bond acceptors (Lipinski definition) is 3. The number of ketones is 2. The van der Waals surface area contributed by atoms with Crippen molar-refractivity contribution in [1.82, 2.24) is 0 Å². The molecule has 1 aliphatic rings. The van der Waals surface area contributed by atoms with E-state index < -0.39 is 0 Å². The number of Topliss-reactive ketones (excluding diaryl/α,β-unsaturated/α-hetero) is 2. The molecule has 0 aromatic rings. The smallest absolute Gasteiger partial charge is 0.136 e. The molecule has 0 bridgehead atoms. The molecular weight excluding hydrogens is 166 g/mol. The summed E-state index contributed by atoms with van der Waals surface area (Å²) in [5, 5.41) is 0. The Balaban J connectivity index is 2.71. The van der Waals surface area contributed by atoms with Crippen LogP contribution in [0.5, 0.6) is 0 Å². The van der Waals surface area contributed by atoms with E-state index in [0.717, 1.165) is 0 Å². The Kier molecular flexibility index (Phi) is 3.20. The highest BCUT2D eigenvalue weighted by molar-refractivity contribution is 5.89. The topological polar surface area (TPSA) is 60.2 Å². The van der Waals surface area contributed by atoms with Crippen molar-refractivity contribution in [3.05, 3.63) is 0 Å². The van der Waals surface area contributed by atoms with E-state index in [4.69, 9.17) is 5.73 Å². The van der Waals surface area contributed by atoms with Gasteiger partial charge in [-0.05, 0) is 19.8 Å². The van der Waals surface area contributed by atoms with Crippen LogP contribution in [0.1, 0.15) is 33.1 Å². The summed E-state index contributed by atoms with van der Waals surface area (Å²) in [5.74, 6) is 0.0906. The molecule has 1 rings (SSSR count). The third kappa shape index (κ3) is 2.15. The van der Waals surface area contributed by atoms with Gasteiger partial charge in [-0.25, -0.2) is 0 Å². The Morgan fingerprint density at radius 3 is 2.31 bits per heavy atom. The summed E-state index contributed by atoms with van der Waals surface area (Å²) in [6, 6.07) is 0.0365. The van der Waals surface area contributed by atoms with E-state index in [-0.39, 0.29) is 29.4 Å². The van der Waals surface area contributed by atoms with Crippen molar-refractivity contribution < 1.29 is 9.59 Å². The highest BCUT2D eigenvalue weighted by atomic mass is 16.1.